The van der Waals surface area contributed by atoms with Crippen molar-refractivity contribution in [3.63, 3.8) is 0 Å². The molecule has 0 fully saturated rings. The average Bonchev–Trinajstić information content (AvgIpc) is 2.88. The topological polar surface area (TPSA) is 85.9 Å². The van der Waals surface area contributed by atoms with E-state index in [1.165, 1.54) is 0 Å². The Morgan fingerprint density at radius 1 is 1.16 bits per heavy atom. The van der Waals surface area contributed by atoms with Gasteiger partial charge in [-0.1, -0.05) is 0 Å². The van der Waals surface area contributed by atoms with Gasteiger partial charge in [-0.25, -0.2) is 9.59 Å². The highest BCUT2D eigenvalue weighted by atomic mass is 32.1. The number of hydrogen-bond donors (Lipinski definition) is 2. The van der Waals surface area contributed by atoms with Crippen molar-refractivity contribution >= 4 is 45.6 Å². The maximum absolute atomic E-state index is 12.3. The average molecular weight is 389 g/mol. The fourth-order valence-electron chi connectivity index (χ4n) is 2.01. The first-order valence-corrected chi connectivity index (χ1v) is 9.20. The number of carbonyl (C=O) groups excluding carboxylic acids is 2. The number of nitrogens with one attached hydrogen (secondary N) is 2. The van der Waals surface area contributed by atoms with E-state index in [0.29, 0.717) is 39.3 Å². The van der Waals surface area contributed by atoms with Gasteiger partial charge in [-0.15, -0.1) is 11.3 Å². The van der Waals surface area contributed by atoms with Crippen LogP contribution in [-0.4, -0.2) is 50.5 Å². The molecule has 2 N–H and O–H groups in total. The quantitative estimate of drug-likeness (QED) is 0.379. The van der Waals surface area contributed by atoms with Crippen LogP contribution in [0, 0.1) is 6.92 Å². The first kappa shape index (κ1) is 21.3. The van der Waals surface area contributed by atoms with Crippen molar-refractivity contribution in [1.29, 1.82) is 0 Å². The normalized spacial score (nSPS) is 10.2. The van der Waals surface area contributed by atoms with E-state index < -0.39 is 11.9 Å². The van der Waals surface area contributed by atoms with Crippen LogP contribution in [-0.2, 0) is 14.2 Å². The van der Waals surface area contributed by atoms with E-state index in [2.05, 4.69) is 10.6 Å². The van der Waals surface area contributed by atoms with Crippen LogP contribution in [0.3, 0.4) is 0 Å². The van der Waals surface area contributed by atoms with Crippen molar-refractivity contribution < 1.29 is 23.8 Å². The van der Waals surface area contributed by atoms with Crippen LogP contribution in [0.4, 0.5) is 5.00 Å². The summed E-state index contributed by atoms with van der Waals surface area (Å²) in [5.41, 5.74) is 0.822. The molecule has 0 aliphatic heterocycles. The van der Waals surface area contributed by atoms with Gasteiger partial charge in [0.2, 0.25) is 0 Å². The van der Waals surface area contributed by atoms with Gasteiger partial charge in [0, 0.05) is 20.3 Å². The zero-order valence-corrected chi connectivity index (χ0v) is 16.5. The van der Waals surface area contributed by atoms with Crippen LogP contribution in [0.1, 0.15) is 45.9 Å². The van der Waals surface area contributed by atoms with Crippen molar-refractivity contribution in [2.75, 3.05) is 38.8 Å². The summed E-state index contributed by atoms with van der Waals surface area (Å²) in [5.74, 6) is -0.973. The molecule has 9 heteroatoms. The molecule has 0 saturated heterocycles. The van der Waals surface area contributed by atoms with Crippen molar-refractivity contribution in [3.8, 4) is 0 Å². The van der Waals surface area contributed by atoms with Crippen molar-refractivity contribution in [3.05, 3.63) is 16.0 Å². The zero-order valence-electron chi connectivity index (χ0n) is 14.9. The third-order valence-electron chi connectivity index (χ3n) is 3.13. The van der Waals surface area contributed by atoms with Gasteiger partial charge in [-0.2, -0.15) is 0 Å². The molecule has 0 unspecified atom stereocenters. The lowest BCUT2D eigenvalue weighted by Crippen LogP contribution is -2.30. The molecule has 0 saturated carbocycles. The Labute approximate surface area is 157 Å². The first-order valence-electron chi connectivity index (χ1n) is 7.97. The van der Waals surface area contributed by atoms with Crippen LogP contribution in [0.15, 0.2) is 0 Å². The minimum atomic E-state index is -0.503. The second-order valence-electron chi connectivity index (χ2n) is 4.93. The second kappa shape index (κ2) is 11.0. The first-order chi connectivity index (χ1) is 12.0. The van der Waals surface area contributed by atoms with Gasteiger partial charge >= 0.3 is 11.9 Å². The summed E-state index contributed by atoms with van der Waals surface area (Å²) >= 11 is 6.36. The molecule has 25 heavy (non-hydrogen) atoms. The van der Waals surface area contributed by atoms with Crippen LogP contribution in [0.2, 0.25) is 0 Å². The number of thiophene rings is 1. The fraction of sp³-hybridized carbons (Fsp3) is 0.562. The van der Waals surface area contributed by atoms with Gasteiger partial charge in [-0.05, 0) is 45.0 Å². The molecule has 0 atom stereocenters. The molecular weight excluding hydrogens is 364 g/mol. The third-order valence-corrected chi connectivity index (χ3v) is 4.56. The minimum absolute atomic E-state index is 0.238. The fourth-order valence-corrected chi connectivity index (χ4v) is 3.37. The van der Waals surface area contributed by atoms with Crippen molar-refractivity contribution in [2.45, 2.75) is 27.2 Å². The Kier molecular flexibility index (Phi) is 9.40. The highest BCUT2D eigenvalue weighted by Crippen LogP contribution is 2.34. The molecule has 0 radical (unpaired) electrons. The van der Waals surface area contributed by atoms with E-state index >= 15 is 0 Å². The molecule has 0 aromatic carbocycles. The third kappa shape index (κ3) is 6.26. The SMILES string of the molecule is CCOC(=O)c1sc(NC(=S)NCCCOC)c(C(=O)OCC)c1C. The lowest BCUT2D eigenvalue weighted by Gasteiger charge is -2.10. The van der Waals surface area contributed by atoms with Crippen molar-refractivity contribution in [2.24, 2.45) is 0 Å². The number of anilines is 1. The Hall–Kier alpha value is -1.71. The van der Waals surface area contributed by atoms with Gasteiger partial charge in [0.05, 0.1) is 18.8 Å². The van der Waals surface area contributed by atoms with Gasteiger partial charge in [0.25, 0.3) is 0 Å². The van der Waals surface area contributed by atoms with Gasteiger partial charge in [0.1, 0.15) is 9.88 Å². The predicted molar refractivity (Wildman–Crippen MR) is 102 cm³/mol. The Morgan fingerprint density at radius 3 is 2.40 bits per heavy atom. The van der Waals surface area contributed by atoms with E-state index in [1.54, 1.807) is 27.9 Å². The summed E-state index contributed by atoms with van der Waals surface area (Å²) in [6.45, 7) is 6.88. The monoisotopic (exact) mass is 388 g/mol. The molecule has 1 heterocycles. The summed E-state index contributed by atoms with van der Waals surface area (Å²) < 4.78 is 15.1. The van der Waals surface area contributed by atoms with Crippen LogP contribution in [0.25, 0.3) is 0 Å². The molecular formula is C16H24N2O5S2. The zero-order chi connectivity index (χ0) is 18.8. The Morgan fingerprint density at radius 2 is 1.80 bits per heavy atom. The maximum Gasteiger partial charge on any atom is 0.348 e. The highest BCUT2D eigenvalue weighted by molar-refractivity contribution is 7.80. The number of hydrogen-bond acceptors (Lipinski definition) is 7. The number of rotatable bonds is 9. The van der Waals surface area contributed by atoms with Gasteiger partial charge in [-0.3, -0.25) is 0 Å². The van der Waals surface area contributed by atoms with Crippen molar-refractivity contribution in [1.82, 2.24) is 5.32 Å². The smallest absolute Gasteiger partial charge is 0.348 e. The molecule has 7 nitrogen and oxygen atoms in total. The number of methoxy groups -OCH3 is 1. The number of thiocarbonyl (C=S) groups is 1. The molecule has 0 spiro atoms. The summed E-state index contributed by atoms with van der Waals surface area (Å²) in [6.07, 6.45) is 0.792. The van der Waals surface area contributed by atoms with Crippen LogP contribution >= 0.6 is 23.6 Å². The predicted octanol–water partition coefficient (Wildman–Crippen LogP) is 2.73. The van der Waals surface area contributed by atoms with Crippen LogP contribution in [0.5, 0.6) is 0 Å². The Bertz CT molecular complexity index is 616. The van der Waals surface area contributed by atoms with E-state index in [9.17, 15) is 9.59 Å². The van der Waals surface area contributed by atoms with Gasteiger partial charge in [0.15, 0.2) is 5.11 Å². The molecule has 0 bridgehead atoms. The molecule has 0 aliphatic carbocycles. The number of ether oxygens (including phenoxy) is 3. The molecule has 1 aromatic heterocycles. The number of carbonyl (C=O) groups is 2. The van der Waals surface area contributed by atoms with E-state index in [0.717, 1.165) is 17.8 Å². The Balaban J connectivity index is 2.98. The minimum Gasteiger partial charge on any atom is -0.462 e. The number of esters is 2. The molecule has 1 rings (SSSR count). The lowest BCUT2D eigenvalue weighted by molar-refractivity contribution is 0.0527. The summed E-state index contributed by atoms with van der Waals surface area (Å²) in [7, 11) is 1.63. The molecule has 1 aromatic rings. The van der Waals surface area contributed by atoms with Gasteiger partial charge < -0.3 is 24.8 Å². The van der Waals surface area contributed by atoms with Crippen LogP contribution < -0.4 is 10.6 Å². The highest BCUT2D eigenvalue weighted by Gasteiger charge is 2.26. The standard InChI is InChI=1S/C16H24N2O5S2/c1-5-22-14(19)11-10(3)12(15(20)23-6-2)25-13(11)18-16(24)17-8-7-9-21-4/h5-9H2,1-4H3,(H2,17,18,24). The summed E-state index contributed by atoms with van der Waals surface area (Å²) in [5, 5.41) is 6.82. The lowest BCUT2D eigenvalue weighted by atomic mass is 10.1. The summed E-state index contributed by atoms with van der Waals surface area (Å²) in [6, 6.07) is 0. The largest absolute Gasteiger partial charge is 0.462 e. The van der Waals surface area contributed by atoms with E-state index in [4.69, 9.17) is 26.4 Å². The molecule has 140 valence electrons. The molecule has 0 amide bonds. The maximum atomic E-state index is 12.3. The van der Waals surface area contributed by atoms with E-state index in [1.807, 2.05) is 0 Å². The second-order valence-corrected chi connectivity index (χ2v) is 6.36. The molecule has 0 aliphatic rings. The summed E-state index contributed by atoms with van der Waals surface area (Å²) in [4.78, 5) is 24.7. The van der Waals surface area contributed by atoms with E-state index in [-0.39, 0.29) is 13.2 Å².